The number of halogens is 3. The molecule has 41 heavy (non-hydrogen) atoms. The van der Waals surface area contributed by atoms with Crippen LogP contribution in [-0.2, 0) is 15.7 Å². The Bertz CT molecular complexity index is 1350. The number of nitrogens with one attached hydrogen (secondary N) is 1. The van der Waals surface area contributed by atoms with Gasteiger partial charge in [-0.1, -0.05) is 39.0 Å². The number of allylic oxidation sites excluding steroid dienone is 1. The van der Waals surface area contributed by atoms with E-state index in [-0.39, 0.29) is 69.3 Å². The predicted octanol–water partition coefficient (Wildman–Crippen LogP) is 2.41. The minimum absolute atomic E-state index is 0. The van der Waals surface area contributed by atoms with E-state index < -0.39 is 34.8 Å². The van der Waals surface area contributed by atoms with E-state index in [0.29, 0.717) is 54.9 Å². The third-order valence-corrected chi connectivity index (χ3v) is 7.08. The van der Waals surface area contributed by atoms with Gasteiger partial charge in [0.1, 0.15) is 0 Å². The Kier molecular flexibility index (Phi) is 10.7. The minimum atomic E-state index is -4.57. The Hall–Kier alpha value is -2.04. The largest absolute Gasteiger partial charge is 1.00 e. The van der Waals surface area contributed by atoms with Gasteiger partial charge in [0.25, 0.3) is 0 Å². The number of amides is 2. The number of hydrogen-bond donors (Lipinski definition) is 1. The van der Waals surface area contributed by atoms with Gasteiger partial charge in [0.15, 0.2) is 5.78 Å². The fourth-order valence-electron chi connectivity index (χ4n) is 5.27. The summed E-state index contributed by atoms with van der Waals surface area (Å²) < 4.78 is 45.8. The van der Waals surface area contributed by atoms with Crippen molar-refractivity contribution in [2.45, 2.75) is 64.3 Å². The molecular weight excluding hydrogens is 562 g/mol. The predicted molar refractivity (Wildman–Crippen MR) is 140 cm³/mol. The van der Waals surface area contributed by atoms with Gasteiger partial charge in [0.05, 0.1) is 28.9 Å². The van der Waals surface area contributed by atoms with Crippen LogP contribution in [-0.4, -0.2) is 30.6 Å². The van der Waals surface area contributed by atoms with Gasteiger partial charge in [0, 0.05) is 30.9 Å². The van der Waals surface area contributed by atoms with Gasteiger partial charge in [0.2, 0.25) is 0 Å². The number of rotatable bonds is 2. The van der Waals surface area contributed by atoms with Gasteiger partial charge in [-0.25, -0.2) is 4.79 Å². The molecule has 212 valence electrons. The van der Waals surface area contributed by atoms with E-state index in [1.54, 1.807) is 45.0 Å². The number of ketones is 1. The molecule has 11 heteroatoms. The summed E-state index contributed by atoms with van der Waals surface area (Å²) in [7, 11) is 0. The molecule has 2 aromatic carbocycles. The van der Waals surface area contributed by atoms with Crippen LogP contribution in [0.1, 0.15) is 69.2 Å². The first-order chi connectivity index (χ1) is 18.7. The van der Waals surface area contributed by atoms with Crippen LogP contribution in [0.2, 0.25) is 0 Å². The van der Waals surface area contributed by atoms with Crippen molar-refractivity contribution in [3.8, 4) is 6.07 Å². The molecule has 0 radical (unpaired) electrons. The molecule has 1 spiro atoms. The van der Waals surface area contributed by atoms with E-state index in [1.807, 2.05) is 6.07 Å². The number of carbonyl (C=O) groups is 2. The molecule has 7 nitrogen and oxygen atoms in total. The molecule has 2 aromatic rings. The van der Waals surface area contributed by atoms with Gasteiger partial charge in [-0.15, -0.1) is 5.60 Å². The first kappa shape index (κ1) is 33.5. The normalized spacial score (nSPS) is 20.2. The first-order valence-electron chi connectivity index (χ1n) is 13.0. The van der Waals surface area contributed by atoms with Crippen molar-refractivity contribution in [2.75, 3.05) is 18.1 Å². The molecule has 1 saturated heterocycles. The summed E-state index contributed by atoms with van der Waals surface area (Å²) in [6, 6.07) is 11.8. The van der Waals surface area contributed by atoms with E-state index in [9.17, 15) is 27.9 Å². The second kappa shape index (κ2) is 13.1. The molecule has 1 fully saturated rings. The van der Waals surface area contributed by atoms with Gasteiger partial charge in [-0.05, 0) is 60.6 Å². The maximum Gasteiger partial charge on any atom is 1.00 e. The number of Topliss-reactive ketones (excluding diaryl/α,β-unsaturated/α-hetero) is 1. The Morgan fingerprint density at radius 2 is 1.66 bits per heavy atom. The van der Waals surface area contributed by atoms with Crippen LogP contribution in [0, 0.1) is 16.7 Å². The van der Waals surface area contributed by atoms with Gasteiger partial charge < -0.3 is 15.2 Å². The maximum atomic E-state index is 13.6. The summed E-state index contributed by atoms with van der Waals surface area (Å²) in [4.78, 5) is 28.2. The van der Waals surface area contributed by atoms with Crippen LogP contribution < -0.4 is 66.7 Å². The summed E-state index contributed by atoms with van der Waals surface area (Å²) in [5.41, 5.74) is -0.0934. The molecule has 2 amide bonds. The number of urea groups is 1. The molecule has 5 rings (SSSR count). The van der Waals surface area contributed by atoms with E-state index >= 15 is 0 Å². The van der Waals surface area contributed by atoms with Crippen LogP contribution in [0.3, 0.4) is 0 Å². The van der Waals surface area contributed by atoms with E-state index in [0.717, 1.165) is 12.1 Å². The quantitative estimate of drug-likeness (QED) is 0.539. The number of anilines is 1. The van der Waals surface area contributed by atoms with Gasteiger partial charge >= 0.3 is 63.6 Å². The summed E-state index contributed by atoms with van der Waals surface area (Å²) in [5.74, 6) is -0.139. The van der Waals surface area contributed by atoms with E-state index in [2.05, 4.69) is 5.32 Å². The molecule has 0 saturated carbocycles. The SMILES string of the molecule is CC(C)(C)[O-].N#Cc1ccc(C2NC(=O)N(c3cccc(C(F)(F)F)c3)C3=C2C(=O)CC2(CCOCC2)C3)cc1.[K+]. The van der Waals surface area contributed by atoms with Gasteiger partial charge in [-0.2, -0.15) is 18.4 Å². The smallest absolute Gasteiger partial charge is 0.850 e. The third kappa shape index (κ3) is 8.07. The Balaban J connectivity index is 0.000000711. The average Bonchev–Trinajstić information content (AvgIpc) is 2.87. The number of hydrogen-bond acceptors (Lipinski definition) is 5. The van der Waals surface area contributed by atoms with Crippen molar-refractivity contribution in [2.24, 2.45) is 5.41 Å². The van der Waals surface area contributed by atoms with Crippen molar-refractivity contribution >= 4 is 17.5 Å². The summed E-state index contributed by atoms with van der Waals surface area (Å²) in [5, 5.41) is 22.0. The molecule has 0 aromatic heterocycles. The summed E-state index contributed by atoms with van der Waals surface area (Å²) >= 11 is 0. The fraction of sp³-hybridized carbons (Fsp3) is 0.433. The van der Waals surface area contributed by atoms with Crippen molar-refractivity contribution in [3.63, 3.8) is 0 Å². The van der Waals surface area contributed by atoms with Crippen LogP contribution in [0.4, 0.5) is 23.7 Å². The van der Waals surface area contributed by atoms with Crippen molar-refractivity contribution in [1.82, 2.24) is 5.32 Å². The number of alkyl halides is 3. The fourth-order valence-corrected chi connectivity index (χ4v) is 5.27. The van der Waals surface area contributed by atoms with Crippen LogP contribution in [0.15, 0.2) is 59.8 Å². The van der Waals surface area contributed by atoms with E-state index in [4.69, 9.17) is 10.00 Å². The van der Waals surface area contributed by atoms with Crippen molar-refractivity contribution in [1.29, 1.82) is 5.26 Å². The zero-order valence-corrected chi connectivity index (χ0v) is 26.7. The van der Waals surface area contributed by atoms with Crippen LogP contribution in [0.25, 0.3) is 0 Å². The molecule has 1 aliphatic carbocycles. The molecular formula is C30H31F3KN3O4. The minimum Gasteiger partial charge on any atom is -0.850 e. The average molecular weight is 594 g/mol. The molecule has 1 atom stereocenters. The number of carbonyl (C=O) groups excluding carboxylic acids is 2. The second-order valence-electron chi connectivity index (χ2n) is 11.4. The Labute approximate surface area is 280 Å². The number of nitrogens with zero attached hydrogens (tertiary/aromatic N) is 2. The maximum absolute atomic E-state index is 13.6. The standard InChI is InChI=1S/C26H22F3N3O3.C4H9O.K/c27-26(28,29)18-2-1-3-19(12-18)32-20-13-25(8-10-35-11-9-25)14-21(33)22(20)23(31-24(32)34)17-6-4-16(15-30)5-7-17;1-4(2,3)5;/h1-7,12,23H,8-11,13-14H2,(H,31,34);1-3H3;/q;-1;+1. The Morgan fingerprint density at radius 3 is 2.22 bits per heavy atom. The van der Waals surface area contributed by atoms with Crippen LogP contribution >= 0.6 is 0 Å². The molecule has 0 bridgehead atoms. The first-order valence-corrected chi connectivity index (χ1v) is 13.0. The molecule has 1 unspecified atom stereocenters. The molecule has 3 aliphatic rings. The van der Waals surface area contributed by atoms with Crippen molar-refractivity contribution < 1.29 is 84.0 Å². The number of benzene rings is 2. The molecule has 1 N–H and O–H groups in total. The monoisotopic (exact) mass is 593 g/mol. The third-order valence-electron chi connectivity index (χ3n) is 7.08. The Morgan fingerprint density at radius 1 is 1.05 bits per heavy atom. The van der Waals surface area contributed by atoms with E-state index in [1.165, 1.54) is 17.0 Å². The molecule has 2 aliphatic heterocycles. The zero-order valence-electron chi connectivity index (χ0n) is 23.6. The van der Waals surface area contributed by atoms with Crippen molar-refractivity contribution in [3.05, 3.63) is 76.5 Å². The topological polar surface area (TPSA) is 105 Å². The van der Waals surface area contributed by atoms with Gasteiger partial charge in [-0.3, -0.25) is 9.69 Å². The summed E-state index contributed by atoms with van der Waals surface area (Å²) in [6.45, 7) is 5.88. The second-order valence-corrected chi connectivity index (χ2v) is 11.4. The van der Waals surface area contributed by atoms with Crippen LogP contribution in [0.5, 0.6) is 0 Å². The molecule has 2 heterocycles. The number of nitriles is 1. The number of ether oxygens (including phenoxy) is 1. The zero-order chi connectivity index (χ0) is 29.3. The summed E-state index contributed by atoms with van der Waals surface area (Å²) in [6.07, 6.45) is -2.64.